The Kier molecular flexibility index (Phi) is 4.34. The molecule has 2 aliphatic carbocycles. The number of fused-ring (bicyclic) bond motifs is 1. The lowest BCUT2D eigenvalue weighted by Gasteiger charge is -2.26. The van der Waals surface area contributed by atoms with Gasteiger partial charge in [-0.2, -0.15) is 0 Å². The topological polar surface area (TPSA) is 62.7 Å². The Labute approximate surface area is 131 Å². The zero-order valence-electron chi connectivity index (χ0n) is 13.2. The van der Waals surface area contributed by atoms with Crippen molar-refractivity contribution in [1.82, 2.24) is 9.88 Å². The first kappa shape index (κ1) is 15.3. The zero-order chi connectivity index (χ0) is 15.7. The van der Waals surface area contributed by atoms with Crippen LogP contribution in [0.4, 0.5) is 0 Å². The lowest BCUT2D eigenvalue weighted by atomic mass is 10.0. The van der Waals surface area contributed by atoms with Gasteiger partial charge in [-0.1, -0.05) is 0 Å². The van der Waals surface area contributed by atoms with E-state index in [1.807, 2.05) is 18.9 Å². The van der Waals surface area contributed by atoms with Gasteiger partial charge < -0.3 is 14.7 Å². The predicted molar refractivity (Wildman–Crippen MR) is 82.7 cm³/mol. The first-order chi connectivity index (χ1) is 10.6. The van der Waals surface area contributed by atoms with Crippen LogP contribution >= 0.6 is 0 Å². The molecule has 2 unspecified atom stereocenters. The number of ether oxygens (including phenoxy) is 1. The van der Waals surface area contributed by atoms with Crippen LogP contribution in [0.2, 0.25) is 0 Å². The summed E-state index contributed by atoms with van der Waals surface area (Å²) in [7, 11) is 1.87. The summed E-state index contributed by atoms with van der Waals surface area (Å²) < 4.78 is 5.47. The van der Waals surface area contributed by atoms with Crippen LogP contribution in [-0.4, -0.2) is 46.7 Å². The smallest absolute Gasteiger partial charge is 0.259 e. The number of nitrogens with zero attached hydrogens (tertiary/aromatic N) is 2. The van der Waals surface area contributed by atoms with E-state index < -0.39 is 0 Å². The minimum atomic E-state index is -0.139. The van der Waals surface area contributed by atoms with Gasteiger partial charge in [0.1, 0.15) is 5.56 Å². The summed E-state index contributed by atoms with van der Waals surface area (Å²) in [5.74, 6) is 1.52. The maximum absolute atomic E-state index is 12.8. The van der Waals surface area contributed by atoms with Crippen LogP contribution in [0.15, 0.2) is 18.3 Å². The molecular formula is C17H24N2O3. The molecule has 3 rings (SSSR count). The first-order valence-corrected chi connectivity index (χ1v) is 8.13. The normalized spacial score (nSPS) is 30.1. The summed E-state index contributed by atoms with van der Waals surface area (Å²) >= 11 is 0. The number of carbonyl (C=O) groups is 1. The summed E-state index contributed by atoms with van der Waals surface area (Å²) in [5.41, 5.74) is 0.531. The first-order valence-electron chi connectivity index (χ1n) is 8.13. The lowest BCUT2D eigenvalue weighted by molar-refractivity contribution is 0.0717. The molecule has 5 nitrogen and oxygen atoms in total. The van der Waals surface area contributed by atoms with Crippen molar-refractivity contribution in [3.05, 3.63) is 23.9 Å². The third-order valence-electron chi connectivity index (χ3n) is 5.12. The number of pyridine rings is 1. The fraction of sp³-hybridized carbons (Fsp3) is 0.647. The molecule has 5 heteroatoms. The molecule has 1 aromatic rings. The van der Waals surface area contributed by atoms with Gasteiger partial charge in [0.25, 0.3) is 5.91 Å². The highest BCUT2D eigenvalue weighted by atomic mass is 16.5. The standard InChI is InChI=1S/C17H24N2O3/c1-3-22-16-15(5-4-6-18-16)17(21)19(2)13-7-11-9-14(20)10-12(11)8-13/h4-6,11-14,20H,3,7-10H2,1-2H3/t11-,12+,13?,14?. The van der Waals surface area contributed by atoms with Gasteiger partial charge in [-0.25, -0.2) is 4.98 Å². The molecule has 4 atom stereocenters. The summed E-state index contributed by atoms with van der Waals surface area (Å²) in [5, 5.41) is 9.74. The van der Waals surface area contributed by atoms with Crippen LogP contribution in [0.3, 0.4) is 0 Å². The number of hydrogen-bond donors (Lipinski definition) is 1. The Hall–Kier alpha value is -1.62. The molecule has 1 N–H and O–H groups in total. The van der Waals surface area contributed by atoms with Gasteiger partial charge in [0.05, 0.1) is 12.7 Å². The predicted octanol–water partition coefficient (Wildman–Crippen LogP) is 2.10. The number of amides is 1. The average Bonchev–Trinajstić information content (AvgIpc) is 3.04. The fourth-order valence-electron chi connectivity index (χ4n) is 4.03. The van der Waals surface area contributed by atoms with Gasteiger partial charge in [0, 0.05) is 19.3 Å². The number of aliphatic hydroxyl groups is 1. The van der Waals surface area contributed by atoms with Crippen molar-refractivity contribution in [3.8, 4) is 5.88 Å². The van der Waals surface area contributed by atoms with E-state index in [9.17, 15) is 9.90 Å². The highest BCUT2D eigenvalue weighted by molar-refractivity contribution is 5.96. The zero-order valence-corrected chi connectivity index (χ0v) is 13.2. The van der Waals surface area contributed by atoms with E-state index in [0.29, 0.717) is 29.9 Å². The van der Waals surface area contributed by atoms with Crippen molar-refractivity contribution < 1.29 is 14.6 Å². The molecule has 2 saturated carbocycles. The number of rotatable bonds is 4. The molecule has 1 amide bonds. The summed E-state index contributed by atoms with van der Waals surface area (Å²) in [6.45, 7) is 2.38. The quantitative estimate of drug-likeness (QED) is 0.925. The summed E-state index contributed by atoms with van der Waals surface area (Å²) in [6.07, 6.45) is 5.27. The molecule has 0 bridgehead atoms. The van der Waals surface area contributed by atoms with Crippen LogP contribution in [0.25, 0.3) is 0 Å². The van der Waals surface area contributed by atoms with E-state index in [1.54, 1.807) is 18.3 Å². The van der Waals surface area contributed by atoms with Crippen molar-refractivity contribution in [3.63, 3.8) is 0 Å². The average molecular weight is 304 g/mol. The molecule has 120 valence electrons. The van der Waals surface area contributed by atoms with Gasteiger partial charge in [-0.15, -0.1) is 0 Å². The van der Waals surface area contributed by atoms with E-state index in [2.05, 4.69) is 4.98 Å². The monoisotopic (exact) mass is 304 g/mol. The maximum atomic E-state index is 12.8. The maximum Gasteiger partial charge on any atom is 0.259 e. The van der Waals surface area contributed by atoms with E-state index in [1.165, 1.54) is 0 Å². The molecule has 0 aromatic carbocycles. The lowest BCUT2D eigenvalue weighted by Crippen LogP contribution is -2.36. The van der Waals surface area contributed by atoms with Crippen LogP contribution in [0.1, 0.15) is 43.0 Å². The Morgan fingerprint density at radius 3 is 2.68 bits per heavy atom. The number of carbonyl (C=O) groups excluding carboxylic acids is 1. The minimum Gasteiger partial charge on any atom is -0.477 e. The molecule has 2 fully saturated rings. The number of aliphatic hydroxyl groups excluding tert-OH is 1. The largest absolute Gasteiger partial charge is 0.477 e. The minimum absolute atomic E-state index is 0.0259. The van der Waals surface area contributed by atoms with E-state index in [0.717, 1.165) is 25.7 Å². The molecule has 0 saturated heterocycles. The van der Waals surface area contributed by atoms with Crippen molar-refractivity contribution >= 4 is 5.91 Å². The molecular weight excluding hydrogens is 280 g/mol. The third kappa shape index (κ3) is 2.82. The molecule has 22 heavy (non-hydrogen) atoms. The van der Waals surface area contributed by atoms with Crippen LogP contribution in [-0.2, 0) is 0 Å². The third-order valence-corrected chi connectivity index (χ3v) is 5.12. The molecule has 0 aliphatic heterocycles. The van der Waals surface area contributed by atoms with Crippen LogP contribution in [0, 0.1) is 11.8 Å². The second-order valence-corrected chi connectivity index (χ2v) is 6.48. The molecule has 0 spiro atoms. The Morgan fingerprint density at radius 2 is 2.05 bits per heavy atom. The van der Waals surface area contributed by atoms with Gasteiger partial charge >= 0.3 is 0 Å². The highest BCUT2D eigenvalue weighted by Crippen LogP contribution is 2.45. The highest BCUT2D eigenvalue weighted by Gasteiger charge is 2.43. The number of hydrogen-bond acceptors (Lipinski definition) is 4. The molecule has 2 aliphatic rings. The second kappa shape index (κ2) is 6.24. The number of aromatic nitrogens is 1. The summed E-state index contributed by atoms with van der Waals surface area (Å²) in [4.78, 5) is 18.8. The Bertz CT molecular complexity index is 534. The van der Waals surface area contributed by atoms with Gasteiger partial charge in [0.15, 0.2) is 0 Å². The van der Waals surface area contributed by atoms with E-state index in [4.69, 9.17) is 4.74 Å². The van der Waals surface area contributed by atoms with E-state index >= 15 is 0 Å². The van der Waals surface area contributed by atoms with Gasteiger partial charge in [-0.3, -0.25) is 4.79 Å². The van der Waals surface area contributed by atoms with Crippen LogP contribution in [0.5, 0.6) is 5.88 Å². The SMILES string of the molecule is CCOc1ncccc1C(=O)N(C)C1C[C@H]2CC(O)C[C@H]2C1. The van der Waals surface area contributed by atoms with Gasteiger partial charge in [-0.05, 0) is 56.6 Å². The molecule has 0 radical (unpaired) electrons. The molecule has 1 aromatic heterocycles. The Balaban J connectivity index is 1.71. The Morgan fingerprint density at radius 1 is 1.36 bits per heavy atom. The second-order valence-electron chi connectivity index (χ2n) is 6.48. The fourth-order valence-corrected chi connectivity index (χ4v) is 4.03. The summed E-state index contributed by atoms with van der Waals surface area (Å²) in [6, 6.07) is 3.80. The molecule has 1 heterocycles. The van der Waals surface area contributed by atoms with Gasteiger partial charge in [0.2, 0.25) is 5.88 Å². The van der Waals surface area contributed by atoms with Crippen molar-refractivity contribution in [2.75, 3.05) is 13.7 Å². The van der Waals surface area contributed by atoms with Crippen LogP contribution < -0.4 is 4.74 Å². The van der Waals surface area contributed by atoms with Crippen molar-refractivity contribution in [2.45, 2.75) is 44.8 Å². The van der Waals surface area contributed by atoms with Crippen molar-refractivity contribution in [1.29, 1.82) is 0 Å². The van der Waals surface area contributed by atoms with E-state index in [-0.39, 0.29) is 18.1 Å². The van der Waals surface area contributed by atoms with Crippen molar-refractivity contribution in [2.24, 2.45) is 11.8 Å².